The molecule has 2 heterocycles. The quantitative estimate of drug-likeness (QED) is 0.439. The first-order chi connectivity index (χ1) is 13.1. The second-order valence-electron chi connectivity index (χ2n) is 6.17. The molecule has 0 fully saturated rings. The molecule has 0 N–H and O–H groups in total. The van der Waals surface area contributed by atoms with E-state index in [2.05, 4.69) is 11.9 Å². The van der Waals surface area contributed by atoms with Crippen LogP contribution in [0.25, 0.3) is 4.96 Å². The Morgan fingerprint density at radius 3 is 2.70 bits per heavy atom. The van der Waals surface area contributed by atoms with Gasteiger partial charge in [0.15, 0.2) is 10.7 Å². The van der Waals surface area contributed by atoms with Crippen molar-refractivity contribution in [3.63, 3.8) is 0 Å². The van der Waals surface area contributed by atoms with Gasteiger partial charge in [0.2, 0.25) is 0 Å². The van der Waals surface area contributed by atoms with E-state index in [-0.39, 0.29) is 30.8 Å². The Morgan fingerprint density at radius 2 is 1.96 bits per heavy atom. The van der Waals surface area contributed by atoms with Gasteiger partial charge in [0.05, 0.1) is 12.1 Å². The van der Waals surface area contributed by atoms with Crippen LogP contribution < -0.4 is 5.56 Å². The lowest BCUT2D eigenvalue weighted by atomic mass is 10.0. The fraction of sp³-hybridized carbons (Fsp3) is 0.300. The van der Waals surface area contributed by atoms with E-state index >= 15 is 0 Å². The summed E-state index contributed by atoms with van der Waals surface area (Å²) in [5.74, 6) is -0.578. The van der Waals surface area contributed by atoms with Gasteiger partial charge in [-0.05, 0) is 12.0 Å². The highest BCUT2D eigenvalue weighted by molar-refractivity contribution is 7.15. The summed E-state index contributed by atoms with van der Waals surface area (Å²) >= 11 is 1.33. The number of esters is 1. The average Bonchev–Trinajstić information content (AvgIpc) is 3.14. The molecule has 0 spiro atoms. The number of aromatic nitrogens is 2. The highest BCUT2D eigenvalue weighted by Crippen LogP contribution is 2.11. The minimum absolute atomic E-state index is 0.00419. The number of ether oxygens (including phenoxy) is 1. The van der Waals surface area contributed by atoms with Crippen LogP contribution in [-0.2, 0) is 22.6 Å². The molecule has 27 heavy (non-hydrogen) atoms. The molecule has 140 valence electrons. The van der Waals surface area contributed by atoms with Crippen LogP contribution in [0.3, 0.4) is 0 Å². The molecule has 3 aromatic rings. The molecule has 1 aromatic carbocycles. The largest absolute Gasteiger partial charge is 0.459 e. The summed E-state index contributed by atoms with van der Waals surface area (Å²) in [7, 11) is 0. The lowest BCUT2D eigenvalue weighted by Gasteiger charge is -2.05. The van der Waals surface area contributed by atoms with Crippen molar-refractivity contribution in [2.75, 3.05) is 0 Å². The zero-order chi connectivity index (χ0) is 19.2. The molecule has 7 heteroatoms. The Morgan fingerprint density at radius 1 is 1.19 bits per heavy atom. The number of nitrogens with zero attached hydrogens (tertiary/aromatic N) is 2. The van der Waals surface area contributed by atoms with Gasteiger partial charge in [0.1, 0.15) is 6.61 Å². The number of benzene rings is 1. The van der Waals surface area contributed by atoms with Gasteiger partial charge in [-0.3, -0.25) is 18.8 Å². The van der Waals surface area contributed by atoms with E-state index < -0.39 is 5.97 Å². The average molecular weight is 384 g/mol. The van der Waals surface area contributed by atoms with E-state index in [4.69, 9.17) is 4.74 Å². The van der Waals surface area contributed by atoms with Gasteiger partial charge in [0, 0.05) is 29.6 Å². The van der Waals surface area contributed by atoms with Crippen LogP contribution in [0, 0.1) is 0 Å². The Balaban J connectivity index is 1.50. The van der Waals surface area contributed by atoms with E-state index in [1.807, 2.05) is 12.1 Å². The number of aryl methyl sites for hydroxylation is 1. The van der Waals surface area contributed by atoms with E-state index in [1.165, 1.54) is 27.4 Å². The normalized spacial score (nSPS) is 10.9. The third-order valence-corrected chi connectivity index (χ3v) is 4.86. The van der Waals surface area contributed by atoms with E-state index in [1.54, 1.807) is 23.7 Å². The highest BCUT2D eigenvalue weighted by atomic mass is 32.1. The second-order valence-corrected chi connectivity index (χ2v) is 7.05. The molecule has 0 unspecified atom stereocenters. The maximum atomic E-state index is 12.2. The monoisotopic (exact) mass is 384 g/mol. The van der Waals surface area contributed by atoms with Crippen molar-refractivity contribution in [3.05, 3.63) is 69.1 Å². The van der Waals surface area contributed by atoms with Crippen molar-refractivity contribution in [2.45, 2.75) is 39.2 Å². The van der Waals surface area contributed by atoms with E-state index in [9.17, 15) is 14.4 Å². The fourth-order valence-electron chi connectivity index (χ4n) is 2.69. The number of rotatable bonds is 8. The number of carbonyl (C=O) groups excluding carboxylic acids is 2. The van der Waals surface area contributed by atoms with Gasteiger partial charge in [-0.25, -0.2) is 4.98 Å². The Labute approximate surface area is 160 Å². The maximum Gasteiger partial charge on any atom is 0.306 e. The van der Waals surface area contributed by atoms with Crippen LogP contribution in [0.5, 0.6) is 0 Å². The highest BCUT2D eigenvalue weighted by Gasteiger charge is 2.11. The van der Waals surface area contributed by atoms with Crippen LogP contribution in [0.4, 0.5) is 0 Å². The van der Waals surface area contributed by atoms with Crippen molar-refractivity contribution >= 4 is 28.1 Å². The number of hydrogen-bond acceptors (Lipinski definition) is 6. The molecule has 0 aliphatic rings. The topological polar surface area (TPSA) is 77.7 Å². The lowest BCUT2D eigenvalue weighted by molar-refractivity contribution is -0.145. The summed E-state index contributed by atoms with van der Waals surface area (Å²) in [4.78, 5) is 40.8. The first-order valence-electron chi connectivity index (χ1n) is 8.80. The second kappa shape index (κ2) is 8.73. The number of Topliss-reactive ketones (excluding diaryl/α,β-unsaturated/α-hetero) is 1. The predicted octanol–water partition coefficient (Wildman–Crippen LogP) is 3.41. The molecular formula is C20H20N2O4S. The zero-order valence-corrected chi connectivity index (χ0v) is 15.8. The van der Waals surface area contributed by atoms with E-state index in [0.29, 0.717) is 16.2 Å². The van der Waals surface area contributed by atoms with Crippen LogP contribution in [0.1, 0.15) is 47.8 Å². The molecule has 2 aromatic heterocycles. The first-order valence-corrected chi connectivity index (χ1v) is 9.68. The maximum absolute atomic E-state index is 12.2. The van der Waals surface area contributed by atoms with Gasteiger partial charge >= 0.3 is 5.97 Å². The Bertz CT molecular complexity index is 1000. The standard InChI is InChI=1S/C20H20N2O4S/c1-2-3-14-4-6-15(7-5-14)17(23)8-9-19(25)26-13-16-12-18(24)22-10-11-27-20(22)21-16/h4-7,10-12H,2-3,8-9,13H2,1H3. The molecule has 0 aliphatic carbocycles. The van der Waals surface area contributed by atoms with Crippen molar-refractivity contribution in [1.29, 1.82) is 0 Å². The Hall–Kier alpha value is -2.80. The first kappa shape index (κ1) is 19.0. The SMILES string of the molecule is CCCc1ccc(C(=O)CCC(=O)OCc2cc(=O)n3ccsc3n2)cc1. The van der Waals surface area contributed by atoms with Gasteiger partial charge in [-0.2, -0.15) is 0 Å². The molecule has 0 saturated carbocycles. The van der Waals surface area contributed by atoms with Gasteiger partial charge < -0.3 is 4.74 Å². The summed E-state index contributed by atoms with van der Waals surface area (Å²) in [6.45, 7) is 2.03. The molecule has 0 amide bonds. The van der Waals surface area contributed by atoms with Crippen LogP contribution in [-0.4, -0.2) is 21.1 Å². The Kier molecular flexibility index (Phi) is 6.13. The zero-order valence-electron chi connectivity index (χ0n) is 15.0. The number of hydrogen-bond donors (Lipinski definition) is 0. The van der Waals surface area contributed by atoms with Crippen LogP contribution in [0.2, 0.25) is 0 Å². The minimum atomic E-state index is -0.487. The summed E-state index contributed by atoms with van der Waals surface area (Å²) in [5.41, 5.74) is 1.97. The number of ketones is 1. The number of carbonyl (C=O) groups is 2. The third kappa shape index (κ3) is 4.89. The third-order valence-electron chi connectivity index (χ3n) is 4.11. The summed E-state index contributed by atoms with van der Waals surface area (Å²) < 4.78 is 6.58. The number of fused-ring (bicyclic) bond motifs is 1. The number of thiazole rings is 1. The van der Waals surface area contributed by atoms with Gasteiger partial charge in [-0.15, -0.1) is 11.3 Å². The molecule has 0 atom stereocenters. The molecule has 3 rings (SSSR count). The summed E-state index contributed by atoms with van der Waals surface area (Å²) in [6.07, 6.45) is 3.77. The van der Waals surface area contributed by atoms with Crippen LogP contribution >= 0.6 is 11.3 Å². The molecule has 0 saturated heterocycles. The van der Waals surface area contributed by atoms with Crippen molar-refractivity contribution in [3.8, 4) is 0 Å². The molecule has 0 radical (unpaired) electrons. The van der Waals surface area contributed by atoms with Gasteiger partial charge in [-0.1, -0.05) is 37.6 Å². The van der Waals surface area contributed by atoms with E-state index in [0.717, 1.165) is 12.8 Å². The smallest absolute Gasteiger partial charge is 0.306 e. The summed E-state index contributed by atoms with van der Waals surface area (Å²) in [6, 6.07) is 8.83. The van der Waals surface area contributed by atoms with Crippen molar-refractivity contribution < 1.29 is 14.3 Å². The van der Waals surface area contributed by atoms with Crippen molar-refractivity contribution in [1.82, 2.24) is 9.38 Å². The lowest BCUT2D eigenvalue weighted by Crippen LogP contribution is -2.15. The molecule has 6 nitrogen and oxygen atoms in total. The van der Waals surface area contributed by atoms with Crippen molar-refractivity contribution in [2.24, 2.45) is 0 Å². The fourth-order valence-corrected chi connectivity index (χ4v) is 3.43. The predicted molar refractivity (Wildman–Crippen MR) is 103 cm³/mol. The molecule has 0 aliphatic heterocycles. The molecule has 0 bridgehead atoms. The summed E-state index contributed by atoms with van der Waals surface area (Å²) in [5, 5.41) is 1.76. The minimum Gasteiger partial charge on any atom is -0.459 e. The molecular weight excluding hydrogens is 364 g/mol. The van der Waals surface area contributed by atoms with Crippen LogP contribution in [0.15, 0.2) is 46.7 Å². The van der Waals surface area contributed by atoms with Gasteiger partial charge in [0.25, 0.3) is 5.56 Å².